The fraction of sp³-hybridized carbons (Fsp3) is 0.0909. The molecule has 0 unspecified atom stereocenters. The van der Waals surface area contributed by atoms with E-state index in [9.17, 15) is 19.6 Å². The van der Waals surface area contributed by atoms with Gasteiger partial charge in [0.15, 0.2) is 18.1 Å². The first-order valence-corrected chi connectivity index (χ1v) is 9.46. The first-order chi connectivity index (χ1) is 15.5. The van der Waals surface area contributed by atoms with Gasteiger partial charge >= 0.3 is 5.97 Å². The lowest BCUT2D eigenvalue weighted by molar-refractivity contribution is -0.119. The summed E-state index contributed by atoms with van der Waals surface area (Å²) in [6.07, 6.45) is 1.33. The van der Waals surface area contributed by atoms with Crippen LogP contribution < -0.4 is 10.9 Å². The fourth-order valence-electron chi connectivity index (χ4n) is 3.13. The molecule has 4 aromatic rings. The minimum atomic E-state index is -0.857. The zero-order valence-electron chi connectivity index (χ0n) is 16.8. The lowest BCUT2D eigenvalue weighted by Crippen LogP contribution is -2.26. The quantitative estimate of drug-likeness (QED) is 0.479. The molecule has 0 bridgehead atoms. The molecule has 10 nitrogen and oxygen atoms in total. The number of aryl methyl sites for hydroxylation is 1. The average molecular weight is 428 g/mol. The molecule has 0 aliphatic rings. The monoisotopic (exact) mass is 428 g/mol. The fourth-order valence-corrected chi connectivity index (χ4v) is 3.13. The summed E-state index contributed by atoms with van der Waals surface area (Å²) in [5.41, 5.74) is 0.358. The minimum Gasteiger partial charge on any atom is -0.451 e. The molecule has 2 heterocycles. The van der Waals surface area contributed by atoms with E-state index < -0.39 is 18.5 Å². The van der Waals surface area contributed by atoms with Crippen LogP contribution in [0.25, 0.3) is 16.5 Å². The highest BCUT2D eigenvalue weighted by Crippen LogP contribution is 2.19. The van der Waals surface area contributed by atoms with Crippen molar-refractivity contribution in [2.75, 3.05) is 11.9 Å². The molecule has 0 saturated carbocycles. The van der Waals surface area contributed by atoms with Crippen molar-refractivity contribution in [1.29, 1.82) is 5.26 Å². The van der Waals surface area contributed by atoms with Gasteiger partial charge < -0.3 is 10.1 Å². The van der Waals surface area contributed by atoms with Crippen LogP contribution in [-0.2, 0) is 16.6 Å². The van der Waals surface area contributed by atoms with E-state index in [2.05, 4.69) is 15.5 Å². The van der Waals surface area contributed by atoms with Gasteiger partial charge in [0, 0.05) is 12.4 Å². The van der Waals surface area contributed by atoms with Crippen molar-refractivity contribution in [2.24, 2.45) is 7.05 Å². The van der Waals surface area contributed by atoms with Crippen molar-refractivity contribution in [1.82, 2.24) is 19.6 Å². The van der Waals surface area contributed by atoms with Gasteiger partial charge in [-0.2, -0.15) is 15.5 Å². The summed E-state index contributed by atoms with van der Waals surface area (Å²) in [5.74, 6) is -1.36. The lowest BCUT2D eigenvalue weighted by atomic mass is 10.1. The number of hydrogen-bond acceptors (Lipinski definition) is 7. The predicted molar refractivity (Wildman–Crippen MR) is 114 cm³/mol. The number of rotatable bonds is 5. The number of fused-ring (bicyclic) bond motifs is 1. The second-order valence-electron chi connectivity index (χ2n) is 6.71. The van der Waals surface area contributed by atoms with Crippen molar-refractivity contribution in [3.05, 3.63) is 82.4 Å². The van der Waals surface area contributed by atoms with Crippen LogP contribution in [0.2, 0.25) is 0 Å². The van der Waals surface area contributed by atoms with Crippen LogP contribution in [0.5, 0.6) is 0 Å². The lowest BCUT2D eigenvalue weighted by Gasteiger charge is -2.11. The van der Waals surface area contributed by atoms with E-state index in [0.717, 1.165) is 4.68 Å². The van der Waals surface area contributed by atoms with E-state index in [4.69, 9.17) is 4.74 Å². The van der Waals surface area contributed by atoms with Crippen molar-refractivity contribution in [3.8, 4) is 11.8 Å². The van der Waals surface area contributed by atoms with Gasteiger partial charge in [-0.05, 0) is 18.2 Å². The van der Waals surface area contributed by atoms with Crippen LogP contribution in [0.1, 0.15) is 16.1 Å². The molecule has 0 spiro atoms. The molecule has 32 heavy (non-hydrogen) atoms. The van der Waals surface area contributed by atoms with Crippen molar-refractivity contribution < 1.29 is 14.3 Å². The van der Waals surface area contributed by atoms with Gasteiger partial charge in [-0.3, -0.25) is 9.59 Å². The van der Waals surface area contributed by atoms with Gasteiger partial charge in [-0.1, -0.05) is 36.4 Å². The van der Waals surface area contributed by atoms with Crippen LogP contribution in [0, 0.1) is 11.3 Å². The summed E-state index contributed by atoms with van der Waals surface area (Å²) in [6.45, 7) is -0.623. The van der Waals surface area contributed by atoms with E-state index in [1.54, 1.807) is 48.5 Å². The molecular weight excluding hydrogens is 412 g/mol. The maximum atomic E-state index is 12.6. The minimum absolute atomic E-state index is 0.0810. The van der Waals surface area contributed by atoms with Gasteiger partial charge in [-0.15, -0.1) is 0 Å². The number of aromatic nitrogens is 4. The molecular formula is C22H16N6O4. The third-order valence-electron chi connectivity index (χ3n) is 4.63. The Morgan fingerprint density at radius 1 is 1.09 bits per heavy atom. The number of carbonyl (C=O) groups is 2. The summed E-state index contributed by atoms with van der Waals surface area (Å²) in [6, 6.07) is 17.4. The maximum Gasteiger partial charge on any atom is 0.359 e. The average Bonchev–Trinajstić information content (AvgIpc) is 3.22. The molecule has 0 aliphatic carbocycles. The number of nitrogens with zero attached hydrogens (tertiary/aromatic N) is 5. The van der Waals surface area contributed by atoms with Crippen LogP contribution in [0.3, 0.4) is 0 Å². The zero-order chi connectivity index (χ0) is 22.7. The number of benzene rings is 2. The van der Waals surface area contributed by atoms with Crippen molar-refractivity contribution in [2.45, 2.75) is 0 Å². The topological polar surface area (TPSA) is 132 Å². The molecule has 2 aromatic heterocycles. The summed E-state index contributed by atoms with van der Waals surface area (Å²) in [7, 11) is 1.42. The predicted octanol–water partition coefficient (Wildman–Crippen LogP) is 1.79. The molecule has 0 fully saturated rings. The summed E-state index contributed by atoms with van der Waals surface area (Å²) < 4.78 is 7.56. The second-order valence-corrected chi connectivity index (χ2v) is 6.71. The Hall–Kier alpha value is -4.78. The van der Waals surface area contributed by atoms with Crippen LogP contribution in [0.4, 0.5) is 5.82 Å². The number of nitriles is 1. The number of anilines is 1. The second kappa shape index (κ2) is 8.53. The van der Waals surface area contributed by atoms with Gasteiger partial charge in [0.05, 0.1) is 17.3 Å². The molecule has 0 atom stereocenters. The number of amides is 1. The number of carbonyl (C=O) groups excluding carboxylic acids is 2. The van der Waals surface area contributed by atoms with E-state index in [0.29, 0.717) is 16.5 Å². The van der Waals surface area contributed by atoms with Crippen LogP contribution in [-0.4, -0.2) is 38.0 Å². The van der Waals surface area contributed by atoms with Gasteiger partial charge in [0.1, 0.15) is 11.6 Å². The molecule has 0 saturated heterocycles. The first kappa shape index (κ1) is 20.5. The largest absolute Gasteiger partial charge is 0.451 e. The Kier molecular flexibility index (Phi) is 5.46. The Morgan fingerprint density at radius 2 is 1.78 bits per heavy atom. The standard InChI is InChI=1S/C22H16N6O4/c1-27-21(30)17-10-6-5-9-16(17)19(26-27)22(31)32-13-18(29)25-20-14(11-23)12-24-28(20)15-7-3-2-4-8-15/h2-10,12H,13H2,1H3,(H,25,29). The maximum absolute atomic E-state index is 12.6. The molecule has 1 N–H and O–H groups in total. The molecule has 0 aliphatic heterocycles. The number of esters is 1. The van der Waals surface area contributed by atoms with Gasteiger partial charge in [0.25, 0.3) is 11.5 Å². The third kappa shape index (κ3) is 3.82. The Morgan fingerprint density at radius 3 is 2.50 bits per heavy atom. The number of nitrogens with one attached hydrogen (secondary N) is 1. The summed E-state index contributed by atoms with van der Waals surface area (Å²) in [4.78, 5) is 37.3. The number of ether oxygens (including phenoxy) is 1. The smallest absolute Gasteiger partial charge is 0.359 e. The first-order valence-electron chi connectivity index (χ1n) is 9.46. The van der Waals surface area contributed by atoms with Crippen LogP contribution >= 0.6 is 0 Å². The van der Waals surface area contributed by atoms with Gasteiger partial charge in [-0.25, -0.2) is 14.2 Å². The highest BCUT2D eigenvalue weighted by molar-refractivity contribution is 6.03. The highest BCUT2D eigenvalue weighted by Gasteiger charge is 2.20. The molecule has 4 rings (SSSR count). The number of hydrogen-bond donors (Lipinski definition) is 1. The number of para-hydroxylation sites is 1. The van der Waals surface area contributed by atoms with E-state index in [1.165, 1.54) is 17.9 Å². The third-order valence-corrected chi connectivity index (χ3v) is 4.63. The molecule has 2 aromatic carbocycles. The molecule has 158 valence electrons. The summed E-state index contributed by atoms with van der Waals surface area (Å²) >= 11 is 0. The highest BCUT2D eigenvalue weighted by atomic mass is 16.5. The Balaban J connectivity index is 1.53. The van der Waals surface area contributed by atoms with Crippen LogP contribution in [0.15, 0.2) is 65.6 Å². The van der Waals surface area contributed by atoms with Crippen molar-refractivity contribution >= 4 is 28.5 Å². The SMILES string of the molecule is Cn1nc(C(=O)OCC(=O)Nc2c(C#N)cnn2-c2ccccc2)c2ccccc2c1=O. The van der Waals surface area contributed by atoms with E-state index >= 15 is 0 Å². The Labute approximate surface area is 181 Å². The zero-order valence-corrected chi connectivity index (χ0v) is 16.8. The Bertz CT molecular complexity index is 1430. The van der Waals surface area contributed by atoms with E-state index in [-0.39, 0.29) is 22.6 Å². The molecule has 0 radical (unpaired) electrons. The normalized spacial score (nSPS) is 10.5. The van der Waals surface area contributed by atoms with E-state index in [1.807, 2.05) is 12.1 Å². The molecule has 1 amide bonds. The molecule has 10 heteroatoms. The van der Waals surface area contributed by atoms with Gasteiger partial charge in [0.2, 0.25) is 0 Å². The summed E-state index contributed by atoms with van der Waals surface area (Å²) in [5, 5.41) is 20.6. The van der Waals surface area contributed by atoms with Crippen molar-refractivity contribution in [3.63, 3.8) is 0 Å².